The molecule has 12 heteroatoms. The summed E-state index contributed by atoms with van der Waals surface area (Å²) in [5.41, 5.74) is -0.778. The number of carboxylic acids is 1. The molecule has 34 heavy (non-hydrogen) atoms. The Morgan fingerprint density at radius 3 is 2.53 bits per heavy atom. The van der Waals surface area contributed by atoms with Gasteiger partial charge in [-0.25, -0.2) is 8.42 Å². The second kappa shape index (κ2) is 8.65. The number of benzene rings is 1. The van der Waals surface area contributed by atoms with Gasteiger partial charge < -0.3 is 14.6 Å². The molecule has 1 aliphatic carbocycles. The van der Waals surface area contributed by atoms with Crippen LogP contribution >= 0.6 is 0 Å². The maximum atomic E-state index is 14.0. The number of hydrogen-bond acceptors (Lipinski definition) is 6. The number of halogens is 3. The second-order valence-electron chi connectivity index (χ2n) is 9.30. The summed E-state index contributed by atoms with van der Waals surface area (Å²) in [4.78, 5) is 10.6. The first-order chi connectivity index (χ1) is 15.8. The number of sulfone groups is 1. The molecule has 2 heterocycles. The van der Waals surface area contributed by atoms with Gasteiger partial charge in [-0.15, -0.1) is 0 Å². The van der Waals surface area contributed by atoms with Crippen LogP contribution in [0.1, 0.15) is 25.3 Å². The predicted octanol–water partition coefficient (Wildman–Crippen LogP) is 3.26. The Hall–Kier alpha value is -2.44. The van der Waals surface area contributed by atoms with Crippen LogP contribution in [-0.2, 0) is 36.8 Å². The van der Waals surface area contributed by atoms with Crippen molar-refractivity contribution >= 4 is 15.8 Å². The van der Waals surface area contributed by atoms with Gasteiger partial charge in [0.05, 0.1) is 53.7 Å². The van der Waals surface area contributed by atoms with Gasteiger partial charge in [0.1, 0.15) is 0 Å². The maximum Gasteiger partial charge on any atom is 0.417 e. The smallest absolute Gasteiger partial charge is 0.417 e. The quantitative estimate of drug-likeness (QED) is 0.619. The highest BCUT2D eigenvalue weighted by atomic mass is 32.2. The number of ether oxygens (including phenoxy) is 2. The van der Waals surface area contributed by atoms with E-state index in [1.807, 2.05) is 6.92 Å². The molecule has 4 rings (SSSR count). The van der Waals surface area contributed by atoms with Crippen LogP contribution in [0.3, 0.4) is 0 Å². The monoisotopic (exact) mass is 502 g/mol. The number of carboxylic acid groups (broad SMARTS) is 1. The molecule has 1 saturated carbocycles. The number of aromatic nitrogens is 2. The first-order valence-corrected chi connectivity index (χ1v) is 12.2. The molecule has 0 unspecified atom stereocenters. The Morgan fingerprint density at radius 2 is 2.00 bits per heavy atom. The molecule has 0 radical (unpaired) electrons. The highest BCUT2D eigenvalue weighted by Gasteiger charge is 2.47. The van der Waals surface area contributed by atoms with Gasteiger partial charge in [0.25, 0.3) is 0 Å². The number of carbonyl (C=O) groups is 1. The zero-order chi connectivity index (χ0) is 24.9. The highest BCUT2D eigenvalue weighted by Crippen LogP contribution is 2.42. The van der Waals surface area contributed by atoms with Gasteiger partial charge in [0, 0.05) is 24.3 Å². The van der Waals surface area contributed by atoms with Gasteiger partial charge in [0.2, 0.25) is 0 Å². The van der Waals surface area contributed by atoms with E-state index < -0.39 is 49.7 Å². The minimum absolute atomic E-state index is 0.0898. The Bertz CT molecular complexity index is 1190. The lowest BCUT2D eigenvalue weighted by molar-refractivity contribution is -0.145. The number of nitrogens with zero attached hydrogens (tertiary/aromatic N) is 2. The first-order valence-electron chi connectivity index (χ1n) is 10.7. The van der Waals surface area contributed by atoms with E-state index in [1.165, 1.54) is 19.4 Å². The molecule has 0 bridgehead atoms. The summed E-state index contributed by atoms with van der Waals surface area (Å²) in [7, 11) is -3.22. The zero-order valence-corrected chi connectivity index (χ0v) is 19.4. The molecule has 1 aliphatic heterocycles. The normalized spacial score (nSPS) is 24.7. The van der Waals surface area contributed by atoms with Crippen LogP contribution in [0, 0.1) is 11.3 Å². The van der Waals surface area contributed by atoms with Gasteiger partial charge in [0.15, 0.2) is 9.84 Å². The van der Waals surface area contributed by atoms with Crippen molar-refractivity contribution in [1.29, 1.82) is 0 Å². The lowest BCUT2D eigenvalue weighted by Gasteiger charge is -2.37. The molecule has 3 atom stereocenters. The van der Waals surface area contributed by atoms with Gasteiger partial charge in [-0.3, -0.25) is 9.48 Å². The van der Waals surface area contributed by atoms with Crippen molar-refractivity contribution in [3.63, 3.8) is 0 Å². The highest BCUT2D eigenvalue weighted by molar-refractivity contribution is 7.92. The SMILES string of the molecule is CO[C@H]1C[C@@H](S(=O)(=O)c2ccc(-c3cnn(CC4(C)COC4)c3)cc2C(F)(F)F)C[C@@H]1C(=O)O. The van der Waals surface area contributed by atoms with Gasteiger partial charge in [-0.1, -0.05) is 13.0 Å². The summed E-state index contributed by atoms with van der Waals surface area (Å²) >= 11 is 0. The third kappa shape index (κ3) is 4.58. The maximum absolute atomic E-state index is 14.0. The van der Waals surface area contributed by atoms with Crippen molar-refractivity contribution in [2.24, 2.45) is 11.3 Å². The fourth-order valence-electron chi connectivity index (χ4n) is 4.62. The third-order valence-corrected chi connectivity index (χ3v) is 8.75. The van der Waals surface area contributed by atoms with Crippen LogP contribution in [0.4, 0.5) is 13.2 Å². The van der Waals surface area contributed by atoms with E-state index >= 15 is 0 Å². The van der Waals surface area contributed by atoms with Crippen molar-refractivity contribution in [3.05, 3.63) is 36.2 Å². The van der Waals surface area contributed by atoms with Crippen molar-refractivity contribution in [3.8, 4) is 11.1 Å². The van der Waals surface area contributed by atoms with E-state index in [-0.39, 0.29) is 23.8 Å². The summed E-state index contributed by atoms with van der Waals surface area (Å²) in [6, 6.07) is 3.07. The molecule has 0 spiro atoms. The molecule has 2 aromatic rings. The molecular weight excluding hydrogens is 477 g/mol. The van der Waals surface area contributed by atoms with Crippen LogP contribution in [0.15, 0.2) is 35.5 Å². The number of aliphatic carboxylic acids is 1. The molecule has 1 N–H and O–H groups in total. The molecule has 2 aliphatic rings. The van der Waals surface area contributed by atoms with Crippen LogP contribution in [0.25, 0.3) is 11.1 Å². The Labute approximate surface area is 194 Å². The average Bonchev–Trinajstić information content (AvgIpc) is 3.39. The van der Waals surface area contributed by atoms with E-state index in [4.69, 9.17) is 9.47 Å². The lowest BCUT2D eigenvalue weighted by Crippen LogP contribution is -2.43. The van der Waals surface area contributed by atoms with Crippen molar-refractivity contribution in [2.45, 2.75) is 48.7 Å². The molecule has 0 amide bonds. The minimum atomic E-state index is -4.93. The third-order valence-electron chi connectivity index (χ3n) is 6.52. The lowest BCUT2D eigenvalue weighted by atomic mass is 9.89. The van der Waals surface area contributed by atoms with E-state index in [2.05, 4.69) is 5.10 Å². The van der Waals surface area contributed by atoms with Crippen molar-refractivity contribution in [1.82, 2.24) is 9.78 Å². The number of hydrogen-bond donors (Lipinski definition) is 1. The van der Waals surface area contributed by atoms with Gasteiger partial charge >= 0.3 is 12.1 Å². The number of methoxy groups -OCH3 is 1. The van der Waals surface area contributed by atoms with E-state index in [0.29, 0.717) is 25.3 Å². The summed E-state index contributed by atoms with van der Waals surface area (Å²) in [5.74, 6) is -2.34. The molecule has 8 nitrogen and oxygen atoms in total. The average molecular weight is 503 g/mol. The van der Waals surface area contributed by atoms with Crippen molar-refractivity contribution in [2.75, 3.05) is 20.3 Å². The van der Waals surface area contributed by atoms with Crippen LogP contribution in [0.2, 0.25) is 0 Å². The Balaban J connectivity index is 1.67. The molecular formula is C22H25F3N2O6S. The van der Waals surface area contributed by atoms with Crippen LogP contribution in [0.5, 0.6) is 0 Å². The zero-order valence-electron chi connectivity index (χ0n) is 18.6. The predicted molar refractivity (Wildman–Crippen MR) is 114 cm³/mol. The summed E-state index contributed by atoms with van der Waals surface area (Å²) in [6.07, 6.45) is -3.28. The van der Waals surface area contributed by atoms with E-state index in [1.54, 1.807) is 10.9 Å². The number of rotatable bonds is 7. The fourth-order valence-corrected chi connectivity index (χ4v) is 6.62. The Kier molecular flexibility index (Phi) is 6.28. The molecule has 1 aromatic heterocycles. The first kappa shape index (κ1) is 24.7. The van der Waals surface area contributed by atoms with Crippen LogP contribution < -0.4 is 0 Å². The van der Waals surface area contributed by atoms with Gasteiger partial charge in [-0.05, 0) is 30.5 Å². The number of alkyl halides is 3. The molecule has 1 saturated heterocycles. The summed E-state index contributed by atoms with van der Waals surface area (Å²) in [5, 5.41) is 12.3. The summed E-state index contributed by atoms with van der Waals surface area (Å²) in [6.45, 7) is 3.70. The summed E-state index contributed by atoms with van der Waals surface area (Å²) < 4.78 is 80.2. The topological polar surface area (TPSA) is 108 Å². The minimum Gasteiger partial charge on any atom is -0.481 e. The van der Waals surface area contributed by atoms with Crippen LogP contribution in [-0.4, -0.2) is 61.0 Å². The molecule has 1 aromatic carbocycles. The van der Waals surface area contributed by atoms with E-state index in [0.717, 1.165) is 12.1 Å². The standard InChI is InChI=1S/C22H25F3N2O6S/c1-21(11-33-12-21)10-27-9-14(8-26-27)13-3-4-19(17(5-13)22(23,24)25)34(30,31)15-6-16(20(28)29)18(7-15)32-2/h3-5,8-9,15-16,18H,6-7,10-12H2,1-2H3,(H,28,29)/t15-,16-,18-/m0/s1. The second-order valence-corrected chi connectivity index (χ2v) is 11.5. The van der Waals surface area contributed by atoms with E-state index in [9.17, 15) is 31.5 Å². The molecule has 186 valence electrons. The molecule has 2 fully saturated rings. The van der Waals surface area contributed by atoms with Gasteiger partial charge in [-0.2, -0.15) is 18.3 Å². The largest absolute Gasteiger partial charge is 0.481 e. The fraction of sp³-hybridized carbons (Fsp3) is 0.545. The van der Waals surface area contributed by atoms with Crippen molar-refractivity contribution < 1.29 is 41.0 Å². The Morgan fingerprint density at radius 1 is 1.29 bits per heavy atom.